The van der Waals surface area contributed by atoms with Crippen molar-refractivity contribution in [2.24, 2.45) is 5.41 Å². The van der Waals surface area contributed by atoms with Gasteiger partial charge in [-0.2, -0.15) is 0 Å². The van der Waals surface area contributed by atoms with Crippen molar-refractivity contribution in [3.63, 3.8) is 0 Å². The van der Waals surface area contributed by atoms with Crippen LogP contribution in [0.5, 0.6) is 0 Å². The Morgan fingerprint density at radius 2 is 0.352 bits per heavy atom. The number of carbonyl (C=O) groups excluding carboxylic acids is 14. The molecular formula is C86H143Gd4N23O32+6. The first-order chi connectivity index (χ1) is 66.7. The van der Waals surface area contributed by atoms with Crippen LogP contribution >= 0.6 is 0 Å². The van der Waals surface area contributed by atoms with Crippen molar-refractivity contribution >= 4 is 119 Å². The topological polar surface area (TPSA) is 702 Å². The fourth-order valence-corrected chi connectivity index (χ4v) is 16.5. The summed E-state index contributed by atoms with van der Waals surface area (Å²) in [4.78, 5) is 292. The van der Waals surface area contributed by atoms with Crippen LogP contribution in [0.4, 0.5) is 0 Å². The molecule has 7 amide bonds. The van der Waals surface area contributed by atoms with Crippen LogP contribution in [0, 0.1) is 165 Å². The molecule has 4 fully saturated rings. The molecule has 55 nitrogen and oxygen atoms in total. The van der Waals surface area contributed by atoms with Crippen molar-refractivity contribution in [2.75, 3.05) is 386 Å². The van der Waals surface area contributed by atoms with Crippen molar-refractivity contribution in [3.8, 4) is 0 Å². The number of hydrogen-bond acceptors (Lipinski definition) is 42. The number of hydrogen-bond donors (Lipinski definition) is 9. The number of carboxylic acid groups (broad SMARTS) is 12. The van der Waals surface area contributed by atoms with E-state index in [0.29, 0.717) is 0 Å². The van der Waals surface area contributed by atoms with Crippen LogP contribution in [0.3, 0.4) is 0 Å². The van der Waals surface area contributed by atoms with Crippen molar-refractivity contribution in [1.29, 1.82) is 0 Å². The van der Waals surface area contributed by atoms with Crippen molar-refractivity contribution in [1.82, 2.24) is 114 Å². The molecule has 0 aromatic carbocycles. The van der Waals surface area contributed by atoms with E-state index in [9.17, 15) is 152 Å². The third-order valence-corrected chi connectivity index (χ3v) is 24.6. The van der Waals surface area contributed by atoms with E-state index in [1.165, 1.54) is 63.7 Å². The molecule has 4 aliphatic heterocycles. The Hall–Kier alpha value is -5.74. The SMILES string of the molecule is CCN(CC(=O)CCC(CNC(=O)CN(CC)C(=O)CN1CCN(CC(=O)[O-])CCN(CC(=O)[O-])CCN(CC(=O)O)CC1)(CNC(=O)CN(CC)C(=O)CN1CCN(CC(=O)[O-])CCN(CC(=O)[O-])CCN(CC(=O)O)CC1)CNC(=O)CN(CC)C(=O)CN1CCN(CC(=O)[O-])CCN(CC(=O)O)CCN(CC(=O)O)CC1)C(=O)CN1CCN(CC(=O)[O-])CCN(CC(=O)O)CCN(CC(=O)O)CC1.[Gd+3].[Gd+3].[Gd+3].[Gd+3]. The molecule has 0 aromatic rings. The summed E-state index contributed by atoms with van der Waals surface area (Å²) in [6, 6.07) is 0. The molecule has 0 unspecified atom stereocenters. The summed E-state index contributed by atoms with van der Waals surface area (Å²) in [5.41, 5.74) is -1.78. The molecule has 0 atom stereocenters. The number of carboxylic acids is 12. The van der Waals surface area contributed by atoms with Crippen LogP contribution in [-0.4, -0.2) is 634 Å². The predicted molar refractivity (Wildman–Crippen MR) is 484 cm³/mol. The second-order valence-electron chi connectivity index (χ2n) is 35.5. The summed E-state index contributed by atoms with van der Waals surface area (Å²) < 4.78 is 0. The van der Waals surface area contributed by atoms with E-state index >= 15 is 4.79 Å². The first kappa shape index (κ1) is 139. The van der Waals surface area contributed by atoms with E-state index in [1.807, 2.05) is 0 Å². The number of ketones is 1. The van der Waals surface area contributed by atoms with E-state index in [2.05, 4.69) is 16.0 Å². The molecule has 4 rings (SSSR count). The number of Topliss-reactive ketones (excluding diaryl/α,β-unsaturated/α-hetero) is 1. The van der Waals surface area contributed by atoms with Gasteiger partial charge in [-0.05, 0) is 34.1 Å². The molecule has 0 bridgehead atoms. The van der Waals surface area contributed by atoms with Gasteiger partial charge in [-0.25, -0.2) is 0 Å². The Bertz CT molecular complexity index is 3490. The summed E-state index contributed by atoms with van der Waals surface area (Å²) >= 11 is 0. The molecule has 4 heterocycles. The van der Waals surface area contributed by atoms with E-state index in [-0.39, 0.29) is 395 Å². The summed E-state index contributed by atoms with van der Waals surface area (Å²) in [6.07, 6.45) is -0.951. The average Bonchev–Trinajstić information content (AvgIpc) is 0.836. The molecular weight excluding hydrogens is 2500 g/mol. The Morgan fingerprint density at radius 3 is 0.483 bits per heavy atom. The smallest absolute Gasteiger partial charge is 0.549 e. The second kappa shape index (κ2) is 76.7. The van der Waals surface area contributed by atoms with Gasteiger partial charge in [0, 0.05) is 306 Å². The zero-order chi connectivity index (χ0) is 105. The van der Waals surface area contributed by atoms with Gasteiger partial charge in [0.1, 0.15) is 0 Å². The molecule has 4 aliphatic rings. The standard InChI is InChI=1S/C86H149N23O32.4Gd/c1-5-106(70(114)47-90-11-19-94(51-74(118)119)27-35-102(59-82(134)135)36-28-95(20-12-90)52-75(120)121)43-66(110)9-10-86(63-87-67(111)44-107(6-2)71(115)48-91-13-21-96(53-76(122)123)29-37-103(60-83(136)137)38-30-97(22-14-91)54-77(124)125,64-88-68(112)45-108(7-3)72(116)49-92-15-23-98(55-78(126)127)31-39-104(61-84(138)139)40-32-99(24-16-92)56-79(128)129)65-89-69(113)46-109(8-4)73(117)50-93-17-25-100(57-80(130)131)33-41-105(62-85(140)141)42-34-101(26-18-93)58-81(132)133;;;;/h5-65H2,1-4H3,(H,87,111)(H,88,112)(H,89,113)(H,118,119)(H,120,121)(H,122,123)(H,124,125)(H,126,127)(H,128,129)(H,130,131)(H,132,133)(H,134,135)(H,136,137)(H,138,139)(H,140,141);;;;/q;4*+3/p-6. The summed E-state index contributed by atoms with van der Waals surface area (Å²) in [7, 11) is 0. The third kappa shape index (κ3) is 62.7. The fourth-order valence-electron chi connectivity index (χ4n) is 16.5. The number of nitrogens with zero attached hydrogens (tertiary/aromatic N) is 20. The normalized spacial score (nSPS) is 17.7. The molecule has 4 saturated heterocycles. The quantitative estimate of drug-likeness (QED) is 0.0273. The number of amides is 7. The summed E-state index contributed by atoms with van der Waals surface area (Å²) in [5, 5.41) is 139. The molecule has 0 aromatic heterocycles. The maximum absolute atomic E-state index is 15.0. The third-order valence-electron chi connectivity index (χ3n) is 24.6. The van der Waals surface area contributed by atoms with E-state index in [0.717, 1.165) is 14.7 Å². The summed E-state index contributed by atoms with van der Waals surface area (Å²) in [6.45, 7) is -6.80. The molecule has 4 radical (unpaired) electrons. The van der Waals surface area contributed by atoms with Crippen LogP contribution in [-0.2, 0) is 95.9 Å². The van der Waals surface area contributed by atoms with Gasteiger partial charge in [0.15, 0.2) is 5.78 Å². The number of likely N-dealkylation sites (N-methyl/N-ethyl adjacent to an activating group) is 4. The number of aliphatic carboxylic acids is 12. The number of rotatable bonds is 53. The maximum atomic E-state index is 15.0. The van der Waals surface area contributed by atoms with Gasteiger partial charge < -0.3 is 126 Å². The Labute approximate surface area is 971 Å². The minimum atomic E-state index is -1.78. The van der Waals surface area contributed by atoms with E-state index < -0.39 is 288 Å². The molecule has 0 spiro atoms. The average molecular weight is 2640 g/mol. The van der Waals surface area contributed by atoms with Gasteiger partial charge in [-0.15, -0.1) is 0 Å². The van der Waals surface area contributed by atoms with Crippen molar-refractivity contribution < 1.29 is 317 Å². The van der Waals surface area contributed by atoms with Crippen molar-refractivity contribution in [2.45, 2.75) is 40.5 Å². The molecule has 9 N–H and O–H groups in total. The number of carbonyl (C=O) groups is 20. The molecule has 0 aliphatic carbocycles. The monoisotopic (exact) mass is 2640 g/mol. The Balaban J connectivity index is 0.0000518. The van der Waals surface area contributed by atoms with Crippen LogP contribution in [0.15, 0.2) is 0 Å². The number of nitrogens with one attached hydrogen (secondary N) is 3. The second-order valence-corrected chi connectivity index (χ2v) is 35.5. The maximum Gasteiger partial charge on any atom is 3.00 e. The van der Waals surface area contributed by atoms with Gasteiger partial charge in [0.05, 0.1) is 127 Å². The Morgan fingerprint density at radius 1 is 0.221 bits per heavy atom. The Kier molecular flexibility index (Phi) is 73.7. The van der Waals surface area contributed by atoms with Crippen LogP contribution in [0.1, 0.15) is 40.5 Å². The molecule has 0 saturated carbocycles. The zero-order valence-electron chi connectivity index (χ0n) is 82.8. The first-order valence-electron chi connectivity index (χ1n) is 47.2. The minimum Gasteiger partial charge on any atom is -0.549 e. The fraction of sp³-hybridized carbons (Fsp3) is 0.767. The van der Waals surface area contributed by atoms with Gasteiger partial charge in [0.2, 0.25) is 41.4 Å². The predicted octanol–water partition coefficient (Wildman–Crippen LogP) is -19.0. The molecule has 145 heavy (non-hydrogen) atoms. The zero-order valence-corrected chi connectivity index (χ0v) is 91.9. The minimum absolute atomic E-state index is 0. The van der Waals surface area contributed by atoms with E-state index in [4.69, 9.17) is 0 Å². The summed E-state index contributed by atoms with van der Waals surface area (Å²) in [5.74, 6) is -21.9. The molecule has 820 valence electrons. The largest absolute Gasteiger partial charge is 3.00 e. The van der Waals surface area contributed by atoms with Crippen LogP contribution in [0.2, 0.25) is 0 Å². The van der Waals surface area contributed by atoms with Gasteiger partial charge >= 0.3 is 196 Å². The van der Waals surface area contributed by atoms with Crippen LogP contribution < -0.4 is 46.6 Å². The van der Waals surface area contributed by atoms with Gasteiger partial charge in [-0.3, -0.25) is 146 Å². The molecule has 59 heteroatoms. The van der Waals surface area contributed by atoms with Crippen LogP contribution in [0.25, 0.3) is 0 Å². The first-order valence-corrected chi connectivity index (χ1v) is 47.2. The van der Waals surface area contributed by atoms with Gasteiger partial charge in [-0.1, -0.05) is 0 Å². The van der Waals surface area contributed by atoms with E-state index in [1.54, 1.807) is 47.3 Å². The van der Waals surface area contributed by atoms with Gasteiger partial charge in [0.25, 0.3) is 0 Å². The van der Waals surface area contributed by atoms with Crippen molar-refractivity contribution in [3.05, 3.63) is 0 Å².